The van der Waals surface area contributed by atoms with Crippen molar-refractivity contribution in [3.05, 3.63) is 28.7 Å². The third-order valence-electron chi connectivity index (χ3n) is 3.73. The summed E-state index contributed by atoms with van der Waals surface area (Å²) in [5.74, 6) is -0.267. The van der Waals surface area contributed by atoms with Crippen molar-refractivity contribution in [1.29, 1.82) is 0 Å². The van der Waals surface area contributed by atoms with Crippen LogP contribution in [0.15, 0.2) is 23.7 Å². The Morgan fingerprint density at radius 2 is 2.10 bits per heavy atom. The molecule has 0 radical (unpaired) electrons. The molecule has 0 spiro atoms. The van der Waals surface area contributed by atoms with Crippen LogP contribution in [0.1, 0.15) is 12.8 Å². The van der Waals surface area contributed by atoms with Crippen molar-refractivity contribution in [3.63, 3.8) is 0 Å². The van der Waals surface area contributed by atoms with Gasteiger partial charge in [-0.25, -0.2) is 8.42 Å². The normalized spacial score (nSPS) is 19.2. The minimum absolute atomic E-state index is 0.0225. The summed E-state index contributed by atoms with van der Waals surface area (Å²) in [6.07, 6.45) is 1.46. The van der Waals surface area contributed by atoms with Gasteiger partial charge < -0.3 is 4.55 Å². The van der Waals surface area contributed by atoms with Crippen molar-refractivity contribution in [2.24, 2.45) is 5.92 Å². The quantitative estimate of drug-likeness (QED) is 0.630. The SMILES string of the molecule is O=S(=O)([O-])CC1CCN([s+]2cnc3ccc(Cl)cc32)CC1. The molecule has 1 aliphatic rings. The second-order valence-electron chi connectivity index (χ2n) is 5.26. The molecular weight excluding hydrogens is 332 g/mol. The molecule has 1 aliphatic heterocycles. The van der Waals surface area contributed by atoms with Crippen LogP contribution in [-0.4, -0.2) is 36.8 Å². The summed E-state index contributed by atoms with van der Waals surface area (Å²) in [5.41, 5.74) is 2.89. The van der Waals surface area contributed by atoms with Gasteiger partial charge in [0.05, 0.1) is 20.8 Å². The van der Waals surface area contributed by atoms with E-state index in [-0.39, 0.29) is 22.3 Å². The van der Waals surface area contributed by atoms with Crippen LogP contribution in [0, 0.1) is 5.92 Å². The van der Waals surface area contributed by atoms with E-state index in [9.17, 15) is 13.0 Å². The molecule has 1 aromatic carbocycles. The third-order valence-corrected chi connectivity index (χ3v) is 6.85. The Morgan fingerprint density at radius 1 is 1.38 bits per heavy atom. The highest BCUT2D eigenvalue weighted by molar-refractivity contribution is 7.85. The summed E-state index contributed by atoms with van der Waals surface area (Å²) in [4.78, 5) is 4.42. The Kier molecular flexibility index (Phi) is 4.20. The van der Waals surface area contributed by atoms with E-state index in [0.29, 0.717) is 5.02 Å². The number of thiazole rings is 1. The maximum absolute atomic E-state index is 10.8. The first-order valence-electron chi connectivity index (χ1n) is 6.68. The monoisotopic (exact) mass is 346 g/mol. The molecule has 5 nitrogen and oxygen atoms in total. The summed E-state index contributed by atoms with van der Waals surface area (Å²) in [6.45, 7) is 1.56. The van der Waals surface area contributed by atoms with Crippen molar-refractivity contribution >= 4 is 42.6 Å². The van der Waals surface area contributed by atoms with Gasteiger partial charge in [0.15, 0.2) is 0 Å². The van der Waals surface area contributed by atoms with Gasteiger partial charge in [0.25, 0.3) is 5.51 Å². The highest BCUT2D eigenvalue weighted by Gasteiger charge is 2.29. The van der Waals surface area contributed by atoms with Gasteiger partial charge in [-0.05, 0) is 30.9 Å². The highest BCUT2D eigenvalue weighted by Crippen LogP contribution is 2.35. The van der Waals surface area contributed by atoms with E-state index in [1.54, 1.807) is 0 Å². The van der Waals surface area contributed by atoms with Gasteiger partial charge in [-0.2, -0.15) is 4.98 Å². The van der Waals surface area contributed by atoms with Crippen LogP contribution in [0.25, 0.3) is 10.2 Å². The number of hydrogen-bond donors (Lipinski definition) is 0. The van der Waals surface area contributed by atoms with Crippen LogP contribution < -0.4 is 4.31 Å². The predicted octanol–water partition coefficient (Wildman–Crippen LogP) is 2.53. The summed E-state index contributed by atoms with van der Waals surface area (Å²) in [7, 11) is -4.33. The van der Waals surface area contributed by atoms with E-state index in [4.69, 9.17) is 11.6 Å². The van der Waals surface area contributed by atoms with Crippen molar-refractivity contribution in [2.45, 2.75) is 12.8 Å². The summed E-state index contributed by atoms with van der Waals surface area (Å²) >= 11 is 6.05. The Morgan fingerprint density at radius 3 is 2.76 bits per heavy atom. The Balaban J connectivity index is 1.75. The van der Waals surface area contributed by atoms with Gasteiger partial charge in [0, 0.05) is 29.9 Å². The molecule has 0 aliphatic carbocycles. The average Bonchev–Trinajstić information content (AvgIpc) is 2.81. The fourth-order valence-corrected chi connectivity index (χ4v) is 5.77. The minimum atomic E-state index is -4.12. The molecular formula is C13H15ClN2O3S2. The zero-order valence-corrected chi connectivity index (χ0v) is 13.6. The van der Waals surface area contributed by atoms with Crippen molar-refractivity contribution in [3.8, 4) is 0 Å². The Hall–Kier alpha value is -0.730. The van der Waals surface area contributed by atoms with E-state index in [2.05, 4.69) is 9.29 Å². The Bertz CT molecular complexity index is 752. The van der Waals surface area contributed by atoms with Crippen LogP contribution in [0.2, 0.25) is 5.02 Å². The van der Waals surface area contributed by atoms with Crippen LogP contribution >= 0.6 is 22.3 Å². The van der Waals surface area contributed by atoms with E-state index in [1.165, 1.54) is 0 Å². The molecule has 1 unspecified atom stereocenters. The highest BCUT2D eigenvalue weighted by atomic mass is 35.5. The first-order chi connectivity index (χ1) is 9.92. The molecule has 8 heteroatoms. The van der Waals surface area contributed by atoms with E-state index < -0.39 is 10.1 Å². The lowest BCUT2D eigenvalue weighted by atomic mass is 10.0. The average molecular weight is 347 g/mol. The van der Waals surface area contributed by atoms with Gasteiger partial charge in [-0.3, -0.25) is 0 Å². The smallest absolute Gasteiger partial charge is 0.252 e. The molecule has 1 aromatic heterocycles. The third kappa shape index (κ3) is 3.54. The molecule has 3 rings (SSSR count). The van der Waals surface area contributed by atoms with Gasteiger partial charge in [-0.1, -0.05) is 11.6 Å². The van der Waals surface area contributed by atoms with Gasteiger partial charge in [0.1, 0.15) is 5.52 Å². The summed E-state index contributed by atoms with van der Waals surface area (Å²) < 4.78 is 35.9. The summed E-state index contributed by atoms with van der Waals surface area (Å²) in [6, 6.07) is 5.69. The summed E-state index contributed by atoms with van der Waals surface area (Å²) in [5, 5.41) is 0.698. The van der Waals surface area contributed by atoms with Crippen LogP contribution in [-0.2, 0) is 10.1 Å². The number of rotatable bonds is 3. The maximum Gasteiger partial charge on any atom is 0.252 e. The number of benzene rings is 1. The topological polar surface area (TPSA) is 73.3 Å². The molecule has 0 N–H and O–H groups in total. The molecule has 1 fully saturated rings. The molecule has 1 atom stereocenters. The molecule has 21 heavy (non-hydrogen) atoms. The number of nitrogens with zero attached hydrogens (tertiary/aromatic N) is 2. The van der Waals surface area contributed by atoms with Crippen LogP contribution in [0.5, 0.6) is 0 Å². The molecule has 0 amide bonds. The van der Waals surface area contributed by atoms with Gasteiger partial charge in [-0.15, -0.1) is 4.31 Å². The fraction of sp³-hybridized carbons (Fsp3) is 0.462. The van der Waals surface area contributed by atoms with Crippen molar-refractivity contribution < 1.29 is 13.0 Å². The molecule has 2 aromatic rings. The minimum Gasteiger partial charge on any atom is -0.748 e. The Labute approximate surface area is 131 Å². The predicted molar refractivity (Wildman–Crippen MR) is 84.5 cm³/mol. The van der Waals surface area contributed by atoms with E-state index in [1.807, 2.05) is 23.7 Å². The largest absolute Gasteiger partial charge is 0.748 e. The van der Waals surface area contributed by atoms with Crippen LogP contribution in [0.4, 0.5) is 0 Å². The number of halogens is 1. The maximum atomic E-state index is 10.8. The van der Waals surface area contributed by atoms with Gasteiger partial charge in [0.2, 0.25) is 4.70 Å². The zero-order chi connectivity index (χ0) is 15.0. The lowest BCUT2D eigenvalue weighted by Crippen LogP contribution is -2.35. The van der Waals surface area contributed by atoms with Crippen LogP contribution in [0.3, 0.4) is 0 Å². The zero-order valence-electron chi connectivity index (χ0n) is 11.2. The molecule has 1 saturated heterocycles. The standard InChI is InChI=1S/C13H15ClN2O3S2/c14-11-1-2-12-13(7-11)20(9-15-12)16-5-3-10(4-6-16)8-21(17,18)19/h1-2,7,9-10H,3-6,8H2. The van der Waals surface area contributed by atoms with E-state index >= 15 is 0 Å². The molecule has 0 bridgehead atoms. The number of fused-ring (bicyclic) bond motifs is 1. The first-order valence-corrected chi connectivity index (χ1v) is 9.88. The number of piperidine rings is 1. The second-order valence-corrected chi connectivity index (χ2v) is 8.94. The first kappa shape index (κ1) is 15.2. The fourth-order valence-electron chi connectivity index (χ4n) is 2.69. The lowest BCUT2D eigenvalue weighted by Gasteiger charge is -2.26. The van der Waals surface area contributed by atoms with Gasteiger partial charge >= 0.3 is 0 Å². The second kappa shape index (κ2) is 5.81. The lowest BCUT2D eigenvalue weighted by molar-refractivity contribution is 0.412. The molecule has 2 heterocycles. The van der Waals surface area contributed by atoms with E-state index in [0.717, 1.165) is 36.1 Å². The molecule has 114 valence electrons. The molecule has 0 saturated carbocycles. The van der Waals surface area contributed by atoms with Crippen molar-refractivity contribution in [1.82, 2.24) is 4.98 Å². The van der Waals surface area contributed by atoms with Crippen molar-refractivity contribution in [2.75, 3.05) is 23.1 Å². The number of hydrogen-bond acceptors (Lipinski definition) is 5. The number of aromatic nitrogens is 1.